The molecule has 31 heavy (non-hydrogen) atoms. The van der Waals surface area contributed by atoms with Gasteiger partial charge in [0.2, 0.25) is 0 Å². The SMILES string of the molecule is Cc1ccc(CNc2c(C(OC(C)(C)C)C(=O)O)n(C)c(=O)c3ccccc23)cc1C. The second kappa shape index (κ2) is 8.55. The number of hydrogen-bond acceptors (Lipinski definition) is 4. The van der Waals surface area contributed by atoms with Gasteiger partial charge in [0.1, 0.15) is 0 Å². The summed E-state index contributed by atoms with van der Waals surface area (Å²) in [4.78, 5) is 25.3. The van der Waals surface area contributed by atoms with E-state index in [1.807, 2.05) is 18.2 Å². The highest BCUT2D eigenvalue weighted by Gasteiger charge is 2.32. The van der Waals surface area contributed by atoms with Crippen molar-refractivity contribution >= 4 is 22.4 Å². The number of aliphatic carboxylic acids is 1. The van der Waals surface area contributed by atoms with Crippen LogP contribution >= 0.6 is 0 Å². The van der Waals surface area contributed by atoms with E-state index in [2.05, 4.69) is 31.3 Å². The maximum Gasteiger partial charge on any atom is 0.339 e. The largest absolute Gasteiger partial charge is 0.479 e. The minimum atomic E-state index is -1.30. The van der Waals surface area contributed by atoms with Gasteiger partial charge in [-0.25, -0.2) is 4.79 Å². The van der Waals surface area contributed by atoms with E-state index in [-0.39, 0.29) is 5.56 Å². The monoisotopic (exact) mass is 422 g/mol. The first-order valence-corrected chi connectivity index (χ1v) is 10.3. The maximum atomic E-state index is 13.0. The van der Waals surface area contributed by atoms with Crippen LogP contribution in [0.15, 0.2) is 47.3 Å². The molecule has 2 aromatic carbocycles. The van der Waals surface area contributed by atoms with Gasteiger partial charge in [0.25, 0.3) is 5.56 Å². The number of hydrogen-bond donors (Lipinski definition) is 2. The van der Waals surface area contributed by atoms with Crippen LogP contribution in [0, 0.1) is 13.8 Å². The molecule has 164 valence electrons. The number of rotatable bonds is 6. The Morgan fingerprint density at radius 2 is 1.74 bits per heavy atom. The standard InChI is InChI=1S/C25H30N2O4/c1-15-11-12-17(13-16(15)2)14-26-20-18-9-7-8-10-19(18)23(28)27(6)21(20)22(24(29)30)31-25(3,4)5/h7-13,22,26H,14H2,1-6H3,(H,29,30). The number of fused-ring (bicyclic) bond motifs is 1. The van der Waals surface area contributed by atoms with Gasteiger partial charge >= 0.3 is 5.97 Å². The first kappa shape index (κ1) is 22.6. The lowest BCUT2D eigenvalue weighted by atomic mass is 10.0. The van der Waals surface area contributed by atoms with Crippen LogP contribution in [0.25, 0.3) is 10.8 Å². The summed E-state index contributed by atoms with van der Waals surface area (Å²) in [6.45, 7) is 9.99. The Balaban J connectivity index is 2.20. The van der Waals surface area contributed by atoms with Gasteiger partial charge in [-0.05, 0) is 57.4 Å². The van der Waals surface area contributed by atoms with Crippen LogP contribution in [0.3, 0.4) is 0 Å². The minimum Gasteiger partial charge on any atom is -0.479 e. The summed E-state index contributed by atoms with van der Waals surface area (Å²) in [6, 6.07) is 13.4. The fourth-order valence-corrected chi connectivity index (χ4v) is 3.66. The average Bonchev–Trinajstić information content (AvgIpc) is 2.70. The number of carbonyl (C=O) groups is 1. The molecule has 0 saturated carbocycles. The van der Waals surface area contributed by atoms with E-state index in [9.17, 15) is 14.7 Å². The summed E-state index contributed by atoms with van der Waals surface area (Å²) >= 11 is 0. The minimum absolute atomic E-state index is 0.258. The van der Waals surface area contributed by atoms with Crippen molar-refractivity contribution in [2.24, 2.45) is 7.05 Å². The Morgan fingerprint density at radius 3 is 2.32 bits per heavy atom. The number of aromatic nitrogens is 1. The lowest BCUT2D eigenvalue weighted by Crippen LogP contribution is -2.33. The molecule has 1 aromatic heterocycles. The van der Waals surface area contributed by atoms with E-state index in [4.69, 9.17) is 4.74 Å². The second-order valence-electron chi connectivity index (χ2n) is 8.89. The Labute approximate surface area is 182 Å². The van der Waals surface area contributed by atoms with E-state index in [0.717, 1.165) is 5.56 Å². The fraction of sp³-hybridized carbons (Fsp3) is 0.360. The molecule has 6 heteroatoms. The van der Waals surface area contributed by atoms with E-state index < -0.39 is 17.7 Å². The molecule has 3 rings (SSSR count). The number of nitrogens with zero attached hydrogens (tertiary/aromatic N) is 1. The highest BCUT2D eigenvalue weighted by molar-refractivity contribution is 5.96. The Bertz CT molecular complexity index is 1190. The molecule has 0 aliphatic rings. The van der Waals surface area contributed by atoms with Crippen molar-refractivity contribution in [2.45, 2.75) is 52.9 Å². The quantitative estimate of drug-likeness (QED) is 0.601. The molecule has 0 spiro atoms. The summed E-state index contributed by atoms with van der Waals surface area (Å²) in [5, 5.41) is 14.6. The van der Waals surface area contributed by atoms with Crippen LogP contribution in [-0.4, -0.2) is 21.2 Å². The molecule has 0 saturated heterocycles. The summed E-state index contributed by atoms with van der Waals surface area (Å²) in [6.07, 6.45) is -1.30. The van der Waals surface area contributed by atoms with Gasteiger partial charge in [0.05, 0.1) is 17.0 Å². The van der Waals surface area contributed by atoms with Gasteiger partial charge in [-0.15, -0.1) is 0 Å². The lowest BCUT2D eigenvalue weighted by molar-refractivity contribution is -0.161. The Kier molecular flexibility index (Phi) is 6.23. The third-order valence-corrected chi connectivity index (χ3v) is 5.33. The van der Waals surface area contributed by atoms with Gasteiger partial charge in [-0.1, -0.05) is 36.4 Å². The van der Waals surface area contributed by atoms with Gasteiger partial charge in [0, 0.05) is 24.4 Å². The molecule has 0 amide bonds. The Hall–Kier alpha value is -3.12. The number of pyridine rings is 1. The van der Waals surface area contributed by atoms with E-state index in [0.29, 0.717) is 28.7 Å². The molecule has 1 unspecified atom stereocenters. The highest BCUT2D eigenvalue weighted by atomic mass is 16.5. The molecule has 0 aliphatic carbocycles. The van der Waals surface area contributed by atoms with Crippen LogP contribution in [-0.2, 0) is 23.1 Å². The zero-order chi connectivity index (χ0) is 22.9. The highest BCUT2D eigenvalue weighted by Crippen LogP contribution is 2.34. The molecule has 6 nitrogen and oxygen atoms in total. The van der Waals surface area contributed by atoms with Crippen LogP contribution < -0.4 is 10.9 Å². The summed E-state index contributed by atoms with van der Waals surface area (Å²) in [7, 11) is 1.59. The topological polar surface area (TPSA) is 80.6 Å². The van der Waals surface area contributed by atoms with Crippen molar-refractivity contribution in [3.05, 3.63) is 75.2 Å². The van der Waals surface area contributed by atoms with Gasteiger partial charge in [0.15, 0.2) is 6.10 Å². The first-order valence-electron chi connectivity index (χ1n) is 10.3. The van der Waals surface area contributed by atoms with E-state index in [1.165, 1.54) is 15.7 Å². The van der Waals surface area contributed by atoms with Gasteiger partial charge < -0.3 is 19.7 Å². The maximum absolute atomic E-state index is 13.0. The van der Waals surface area contributed by atoms with Crippen molar-refractivity contribution in [3.8, 4) is 0 Å². The van der Waals surface area contributed by atoms with Gasteiger partial charge in [-0.2, -0.15) is 0 Å². The number of benzene rings is 2. The molecule has 3 aromatic rings. The van der Waals surface area contributed by atoms with E-state index >= 15 is 0 Å². The molecule has 0 aliphatic heterocycles. The van der Waals surface area contributed by atoms with Crippen molar-refractivity contribution in [1.29, 1.82) is 0 Å². The zero-order valence-electron chi connectivity index (χ0n) is 18.9. The third-order valence-electron chi connectivity index (χ3n) is 5.33. The summed E-state index contributed by atoms with van der Waals surface area (Å²) in [5.41, 5.74) is 3.38. The fourth-order valence-electron chi connectivity index (χ4n) is 3.66. The van der Waals surface area contributed by atoms with Crippen LogP contribution in [0.4, 0.5) is 5.69 Å². The summed E-state index contributed by atoms with van der Waals surface area (Å²) < 4.78 is 7.28. The normalized spacial score (nSPS) is 12.7. The molecular formula is C25H30N2O4. The van der Waals surface area contributed by atoms with Crippen LogP contribution in [0.5, 0.6) is 0 Å². The number of carboxylic acids is 1. The predicted octanol–water partition coefficient (Wildman–Crippen LogP) is 4.71. The zero-order valence-corrected chi connectivity index (χ0v) is 18.9. The van der Waals surface area contributed by atoms with Crippen molar-refractivity contribution < 1.29 is 14.6 Å². The average molecular weight is 423 g/mol. The van der Waals surface area contributed by atoms with E-state index in [1.54, 1.807) is 40.0 Å². The number of ether oxygens (including phenoxy) is 1. The molecule has 0 fully saturated rings. The van der Waals surface area contributed by atoms with Crippen molar-refractivity contribution in [3.63, 3.8) is 0 Å². The molecule has 2 N–H and O–H groups in total. The van der Waals surface area contributed by atoms with Crippen LogP contribution in [0.1, 0.15) is 49.3 Å². The molecule has 1 heterocycles. The van der Waals surface area contributed by atoms with Crippen molar-refractivity contribution in [1.82, 2.24) is 4.57 Å². The second-order valence-corrected chi connectivity index (χ2v) is 8.89. The summed E-state index contributed by atoms with van der Waals surface area (Å²) in [5.74, 6) is -1.14. The smallest absolute Gasteiger partial charge is 0.339 e. The number of nitrogens with one attached hydrogen (secondary N) is 1. The number of carboxylic acid groups (broad SMARTS) is 1. The predicted molar refractivity (Wildman–Crippen MR) is 124 cm³/mol. The number of aryl methyl sites for hydroxylation is 2. The van der Waals surface area contributed by atoms with Crippen molar-refractivity contribution in [2.75, 3.05) is 5.32 Å². The third kappa shape index (κ3) is 4.80. The Morgan fingerprint density at radius 1 is 1.10 bits per heavy atom. The molecule has 1 atom stereocenters. The molecule has 0 radical (unpaired) electrons. The molecule has 0 bridgehead atoms. The molecular weight excluding hydrogens is 392 g/mol. The lowest BCUT2D eigenvalue weighted by Gasteiger charge is -2.28. The van der Waals surface area contributed by atoms with Gasteiger partial charge in [-0.3, -0.25) is 4.79 Å². The first-order chi connectivity index (χ1) is 14.5. The number of anilines is 1. The van der Waals surface area contributed by atoms with Crippen LogP contribution in [0.2, 0.25) is 0 Å².